The molecule has 0 radical (unpaired) electrons. The number of nitrogens with zero attached hydrogens (tertiary/aromatic N) is 4. The van der Waals surface area contributed by atoms with E-state index in [1.54, 1.807) is 17.1 Å². The number of aromatic nitrogens is 3. The molecule has 0 aliphatic rings. The quantitative estimate of drug-likeness (QED) is 0.663. The topological polar surface area (TPSA) is 75.1 Å². The van der Waals surface area contributed by atoms with Crippen LogP contribution >= 0.6 is 0 Å². The molecule has 28 heavy (non-hydrogen) atoms. The van der Waals surface area contributed by atoms with Crippen molar-refractivity contribution in [1.29, 1.82) is 0 Å². The maximum absolute atomic E-state index is 12.2. The van der Waals surface area contributed by atoms with Crippen molar-refractivity contribution in [3.63, 3.8) is 0 Å². The maximum atomic E-state index is 12.2. The van der Waals surface area contributed by atoms with Gasteiger partial charge in [-0.25, -0.2) is 14.5 Å². The zero-order valence-corrected chi connectivity index (χ0v) is 16.5. The van der Waals surface area contributed by atoms with Gasteiger partial charge in [-0.15, -0.1) is 0 Å². The molecule has 0 saturated carbocycles. The molecule has 0 aliphatic heterocycles. The number of rotatable bonds is 7. The van der Waals surface area contributed by atoms with Gasteiger partial charge in [-0.1, -0.05) is 35.9 Å². The summed E-state index contributed by atoms with van der Waals surface area (Å²) in [4.78, 5) is 18.7. The van der Waals surface area contributed by atoms with Crippen LogP contribution < -0.4 is 10.6 Å². The Kier molecular flexibility index (Phi) is 6.39. The van der Waals surface area contributed by atoms with Gasteiger partial charge < -0.3 is 15.5 Å². The summed E-state index contributed by atoms with van der Waals surface area (Å²) in [6.45, 7) is 3.00. The molecule has 2 aromatic heterocycles. The molecule has 3 aromatic rings. The molecule has 0 bridgehead atoms. The van der Waals surface area contributed by atoms with Crippen molar-refractivity contribution in [2.24, 2.45) is 0 Å². The fourth-order valence-corrected chi connectivity index (χ4v) is 2.88. The minimum Gasteiger partial charge on any atom is -0.336 e. The van der Waals surface area contributed by atoms with E-state index in [0.29, 0.717) is 13.1 Å². The van der Waals surface area contributed by atoms with E-state index in [1.165, 1.54) is 11.1 Å². The van der Waals surface area contributed by atoms with Gasteiger partial charge in [-0.3, -0.25) is 0 Å². The summed E-state index contributed by atoms with van der Waals surface area (Å²) in [5.74, 6) is 0.741. The number of pyridine rings is 1. The zero-order chi connectivity index (χ0) is 19.9. The van der Waals surface area contributed by atoms with Gasteiger partial charge in [0.15, 0.2) is 5.82 Å². The molecule has 3 rings (SSSR count). The molecule has 1 aromatic carbocycles. The number of carbonyl (C=O) groups is 1. The predicted octanol–water partition coefficient (Wildman–Crippen LogP) is 2.68. The lowest BCUT2D eigenvalue weighted by Crippen LogP contribution is -2.40. The molecule has 2 amide bonds. The van der Waals surface area contributed by atoms with E-state index in [-0.39, 0.29) is 12.1 Å². The van der Waals surface area contributed by atoms with Crippen molar-refractivity contribution < 1.29 is 4.79 Å². The van der Waals surface area contributed by atoms with Gasteiger partial charge >= 0.3 is 6.03 Å². The van der Waals surface area contributed by atoms with E-state index < -0.39 is 0 Å². The van der Waals surface area contributed by atoms with Gasteiger partial charge in [0.25, 0.3) is 0 Å². The van der Waals surface area contributed by atoms with Gasteiger partial charge in [0.2, 0.25) is 0 Å². The largest absolute Gasteiger partial charge is 0.336 e. The number of nitrogens with one attached hydrogen (secondary N) is 2. The molecular formula is C21H26N6O. The van der Waals surface area contributed by atoms with E-state index in [9.17, 15) is 4.79 Å². The van der Waals surface area contributed by atoms with Crippen molar-refractivity contribution in [2.75, 3.05) is 20.6 Å². The lowest BCUT2D eigenvalue weighted by Gasteiger charge is -2.25. The number of benzene rings is 1. The van der Waals surface area contributed by atoms with Gasteiger partial charge in [-0.2, -0.15) is 5.10 Å². The summed E-state index contributed by atoms with van der Waals surface area (Å²) in [6, 6.07) is 14.0. The number of hydrogen-bond donors (Lipinski definition) is 2. The van der Waals surface area contributed by atoms with E-state index in [4.69, 9.17) is 0 Å². The van der Waals surface area contributed by atoms with E-state index in [0.717, 1.165) is 11.4 Å². The molecule has 2 heterocycles. The smallest absolute Gasteiger partial charge is 0.315 e. The molecule has 2 N–H and O–H groups in total. The molecule has 0 fully saturated rings. The molecule has 0 spiro atoms. The minimum atomic E-state index is -0.199. The second kappa shape index (κ2) is 9.14. The predicted molar refractivity (Wildman–Crippen MR) is 109 cm³/mol. The Balaban J connectivity index is 1.50. The highest BCUT2D eigenvalue weighted by Gasteiger charge is 2.15. The highest BCUT2D eigenvalue weighted by Crippen LogP contribution is 2.17. The Morgan fingerprint density at radius 3 is 2.54 bits per heavy atom. The minimum absolute atomic E-state index is 0.112. The van der Waals surface area contributed by atoms with Crippen LogP contribution in [0.2, 0.25) is 0 Å². The van der Waals surface area contributed by atoms with Crippen LogP contribution in [0.4, 0.5) is 4.79 Å². The standard InChI is InChI=1S/C21H26N6O/c1-16-5-8-18(9-6-16)19(26(2)3)15-24-21(28)23-14-17-7-10-20(22-13-17)27-12-4-11-25-27/h4-13,19H,14-15H2,1-3H3,(H2,23,24,28). The fraction of sp³-hybridized carbons (Fsp3) is 0.286. The average Bonchev–Trinajstić information content (AvgIpc) is 3.23. The second-order valence-corrected chi connectivity index (χ2v) is 6.93. The highest BCUT2D eigenvalue weighted by molar-refractivity contribution is 5.73. The Morgan fingerprint density at radius 2 is 1.93 bits per heavy atom. The Labute approximate surface area is 165 Å². The molecule has 7 nitrogen and oxygen atoms in total. The summed E-state index contributed by atoms with van der Waals surface area (Å²) in [5, 5.41) is 9.98. The molecule has 7 heteroatoms. The molecule has 1 unspecified atom stereocenters. The lowest BCUT2D eigenvalue weighted by molar-refractivity contribution is 0.232. The summed E-state index contributed by atoms with van der Waals surface area (Å²) >= 11 is 0. The normalized spacial score (nSPS) is 12.0. The zero-order valence-electron chi connectivity index (χ0n) is 16.5. The van der Waals surface area contributed by atoms with E-state index >= 15 is 0 Å². The Hall–Kier alpha value is -3.19. The van der Waals surface area contributed by atoms with E-state index in [2.05, 4.69) is 56.8 Å². The third-order valence-electron chi connectivity index (χ3n) is 4.54. The average molecular weight is 378 g/mol. The summed E-state index contributed by atoms with van der Waals surface area (Å²) in [5.41, 5.74) is 3.32. The first-order valence-corrected chi connectivity index (χ1v) is 9.22. The molecule has 1 atom stereocenters. The van der Waals surface area contributed by atoms with Crippen LogP contribution in [0.1, 0.15) is 22.7 Å². The van der Waals surface area contributed by atoms with Gasteiger partial charge in [0.1, 0.15) is 0 Å². The van der Waals surface area contributed by atoms with Crippen molar-refractivity contribution in [1.82, 2.24) is 30.3 Å². The maximum Gasteiger partial charge on any atom is 0.315 e. The Morgan fingerprint density at radius 1 is 1.14 bits per heavy atom. The van der Waals surface area contributed by atoms with Crippen LogP contribution in [-0.2, 0) is 6.54 Å². The first-order chi connectivity index (χ1) is 13.5. The number of aryl methyl sites for hydroxylation is 1. The van der Waals surface area contributed by atoms with Crippen molar-refractivity contribution in [3.05, 3.63) is 77.7 Å². The molecule has 0 aliphatic carbocycles. The first kappa shape index (κ1) is 19.6. The van der Waals surface area contributed by atoms with Crippen molar-refractivity contribution in [3.8, 4) is 5.82 Å². The number of amides is 2. The third kappa shape index (κ3) is 5.17. The fourth-order valence-electron chi connectivity index (χ4n) is 2.88. The van der Waals surface area contributed by atoms with Gasteiger partial charge in [0.05, 0.1) is 6.04 Å². The third-order valence-corrected chi connectivity index (χ3v) is 4.54. The van der Waals surface area contributed by atoms with Crippen LogP contribution in [0.3, 0.4) is 0 Å². The number of likely N-dealkylation sites (N-methyl/N-ethyl adjacent to an activating group) is 1. The molecule has 146 valence electrons. The Bertz CT molecular complexity index is 872. The van der Waals surface area contributed by atoms with Crippen LogP contribution in [0.25, 0.3) is 5.82 Å². The highest BCUT2D eigenvalue weighted by atomic mass is 16.2. The SMILES string of the molecule is Cc1ccc(C(CNC(=O)NCc2ccc(-n3cccn3)nc2)N(C)C)cc1. The molecular weight excluding hydrogens is 352 g/mol. The summed E-state index contributed by atoms with van der Waals surface area (Å²) in [7, 11) is 4.02. The number of urea groups is 1. The first-order valence-electron chi connectivity index (χ1n) is 9.22. The number of hydrogen-bond acceptors (Lipinski definition) is 4. The van der Waals surface area contributed by atoms with Crippen LogP contribution in [0, 0.1) is 6.92 Å². The second-order valence-electron chi connectivity index (χ2n) is 6.93. The molecule has 0 saturated heterocycles. The summed E-state index contributed by atoms with van der Waals surface area (Å²) in [6.07, 6.45) is 5.29. The lowest BCUT2D eigenvalue weighted by atomic mass is 10.0. The number of carbonyl (C=O) groups excluding carboxylic acids is 1. The van der Waals surface area contributed by atoms with Gasteiger partial charge in [0, 0.05) is 31.7 Å². The van der Waals surface area contributed by atoms with Crippen LogP contribution in [0.15, 0.2) is 61.1 Å². The van der Waals surface area contributed by atoms with Crippen LogP contribution in [-0.4, -0.2) is 46.3 Å². The van der Waals surface area contributed by atoms with Crippen molar-refractivity contribution in [2.45, 2.75) is 19.5 Å². The van der Waals surface area contributed by atoms with Crippen molar-refractivity contribution >= 4 is 6.03 Å². The monoisotopic (exact) mass is 378 g/mol. The van der Waals surface area contributed by atoms with E-state index in [1.807, 2.05) is 38.5 Å². The summed E-state index contributed by atoms with van der Waals surface area (Å²) < 4.78 is 1.69. The van der Waals surface area contributed by atoms with Gasteiger partial charge in [-0.05, 0) is 44.3 Å². The van der Waals surface area contributed by atoms with Crippen LogP contribution in [0.5, 0.6) is 0 Å².